The van der Waals surface area contributed by atoms with Crippen molar-refractivity contribution in [2.24, 2.45) is 0 Å². The minimum Gasteiger partial charge on any atom is -0.388 e. The summed E-state index contributed by atoms with van der Waals surface area (Å²) in [5.74, 6) is 0. The van der Waals surface area contributed by atoms with E-state index in [9.17, 15) is 10.1 Å². The number of rotatable bonds is 1. The van der Waals surface area contributed by atoms with Gasteiger partial charge >= 0.3 is 18.6 Å². The second kappa shape index (κ2) is 4.03. The van der Waals surface area contributed by atoms with Gasteiger partial charge < -0.3 is 4.98 Å². The van der Waals surface area contributed by atoms with Crippen molar-refractivity contribution in [2.45, 2.75) is 0 Å². The van der Waals surface area contributed by atoms with Crippen molar-refractivity contribution in [1.29, 1.82) is 0 Å². The van der Waals surface area contributed by atoms with Gasteiger partial charge in [0.25, 0.3) is 0 Å². The van der Waals surface area contributed by atoms with Crippen LogP contribution in [-0.4, -0.2) is 9.91 Å². The molecule has 10 heavy (non-hydrogen) atoms. The Morgan fingerprint density at radius 3 is 2.70 bits per heavy atom. The summed E-state index contributed by atoms with van der Waals surface area (Å²) < 4.78 is 0. The average Bonchev–Trinajstić information content (AvgIpc) is 1.90. The molecule has 0 N–H and O–H groups in total. The van der Waals surface area contributed by atoms with Gasteiger partial charge in [-0.15, -0.1) is 0 Å². The van der Waals surface area contributed by atoms with E-state index in [1.807, 2.05) is 0 Å². The molecule has 0 aliphatic rings. The fourth-order valence-electron chi connectivity index (χ4n) is 0.420. The summed E-state index contributed by atoms with van der Waals surface area (Å²) in [6.45, 7) is 0. The maximum Gasteiger partial charge on any atom is 2.00 e. The third kappa shape index (κ3) is 2.17. The summed E-state index contributed by atoms with van der Waals surface area (Å²) in [5, 5.41) is 9.95. The molecule has 0 amide bonds. The second-order valence-corrected chi connectivity index (χ2v) is 1.40. The van der Waals surface area contributed by atoms with Gasteiger partial charge in [-0.1, -0.05) is 12.3 Å². The Hall–Kier alpha value is -0.866. The Kier molecular flexibility index (Phi) is 3.68. The largest absolute Gasteiger partial charge is 2.00 e. The molecular formula is C5H3N2O2V+. The molecule has 0 aliphatic heterocycles. The van der Waals surface area contributed by atoms with Crippen LogP contribution >= 0.6 is 0 Å². The van der Waals surface area contributed by atoms with Crippen molar-refractivity contribution in [3.8, 4) is 0 Å². The van der Waals surface area contributed by atoms with Gasteiger partial charge in [-0.2, -0.15) is 6.07 Å². The molecule has 4 nitrogen and oxygen atoms in total. The molecule has 0 saturated heterocycles. The first-order valence-corrected chi connectivity index (χ1v) is 2.27. The number of aromatic nitrogens is 1. The molecular weight excluding hydrogens is 171 g/mol. The Morgan fingerprint density at radius 1 is 1.70 bits per heavy atom. The molecule has 5 heteroatoms. The Labute approximate surface area is 69.3 Å². The molecule has 1 aromatic heterocycles. The molecule has 0 bridgehead atoms. The average molecular weight is 174 g/mol. The molecule has 1 radical (unpaired) electrons. The molecule has 1 aromatic rings. The van der Waals surface area contributed by atoms with Crippen LogP contribution in [0.5, 0.6) is 0 Å². The van der Waals surface area contributed by atoms with Crippen LogP contribution in [0.25, 0.3) is 0 Å². The molecule has 0 unspecified atom stereocenters. The summed E-state index contributed by atoms with van der Waals surface area (Å²) in [7, 11) is 0. The SMILES string of the molecule is O=[N+]([O-])c1cc[c-]nc1.[V+2]. The quantitative estimate of drug-likeness (QED) is 0.359. The third-order valence-corrected chi connectivity index (χ3v) is 0.811. The van der Waals surface area contributed by atoms with Crippen LogP contribution in [0.3, 0.4) is 0 Å². The summed E-state index contributed by atoms with van der Waals surface area (Å²) >= 11 is 0. The van der Waals surface area contributed by atoms with Gasteiger partial charge in [0, 0.05) is 4.92 Å². The standard InChI is InChI=1S/C5H3N2O2.V/c8-7(9)5-2-1-3-6-4-5;/h1-2,4H;/q-1;+2. The molecule has 1 heterocycles. The van der Waals surface area contributed by atoms with E-state index in [1.165, 1.54) is 12.1 Å². The van der Waals surface area contributed by atoms with E-state index in [0.717, 1.165) is 6.20 Å². The van der Waals surface area contributed by atoms with Crippen molar-refractivity contribution in [2.75, 3.05) is 0 Å². The molecule has 0 aliphatic carbocycles. The Balaban J connectivity index is 0.000000810. The topological polar surface area (TPSA) is 56.0 Å². The smallest absolute Gasteiger partial charge is 0.388 e. The number of hydrogen-bond donors (Lipinski definition) is 0. The first kappa shape index (κ1) is 9.13. The second-order valence-electron chi connectivity index (χ2n) is 1.40. The zero-order valence-corrected chi connectivity index (χ0v) is 6.29. The molecule has 0 fully saturated rings. The van der Waals surface area contributed by atoms with Crippen molar-refractivity contribution in [3.63, 3.8) is 0 Å². The van der Waals surface area contributed by atoms with E-state index in [0.29, 0.717) is 0 Å². The minimum absolute atomic E-state index is 0. The van der Waals surface area contributed by atoms with Gasteiger partial charge in [-0.3, -0.25) is 10.1 Å². The zero-order chi connectivity index (χ0) is 6.69. The fourth-order valence-corrected chi connectivity index (χ4v) is 0.420. The van der Waals surface area contributed by atoms with Crippen LogP contribution in [0.15, 0.2) is 18.3 Å². The summed E-state index contributed by atoms with van der Waals surface area (Å²) in [6.07, 6.45) is 3.59. The van der Waals surface area contributed by atoms with Crippen LogP contribution in [-0.2, 0) is 18.6 Å². The van der Waals surface area contributed by atoms with E-state index in [1.54, 1.807) is 0 Å². The number of nitro groups is 1. The van der Waals surface area contributed by atoms with Crippen LogP contribution in [0.4, 0.5) is 5.69 Å². The van der Waals surface area contributed by atoms with Crippen molar-refractivity contribution in [3.05, 3.63) is 34.6 Å². The Morgan fingerprint density at radius 2 is 2.40 bits per heavy atom. The predicted molar refractivity (Wildman–Crippen MR) is 29.7 cm³/mol. The Bertz CT molecular complexity index is 214. The van der Waals surface area contributed by atoms with Crippen LogP contribution < -0.4 is 0 Å². The first-order chi connectivity index (χ1) is 4.30. The van der Waals surface area contributed by atoms with Crippen molar-refractivity contribution in [1.82, 2.24) is 4.98 Å². The van der Waals surface area contributed by atoms with Gasteiger partial charge in [0.2, 0.25) is 0 Å². The van der Waals surface area contributed by atoms with Gasteiger partial charge in [0.05, 0.1) is 0 Å². The normalized spacial score (nSPS) is 8.00. The molecule has 49 valence electrons. The van der Waals surface area contributed by atoms with E-state index in [-0.39, 0.29) is 24.2 Å². The van der Waals surface area contributed by atoms with Gasteiger partial charge in [0.1, 0.15) is 0 Å². The third-order valence-electron chi connectivity index (χ3n) is 0.811. The van der Waals surface area contributed by atoms with Crippen LogP contribution in [0.2, 0.25) is 0 Å². The maximum atomic E-state index is 9.95. The molecule has 0 aromatic carbocycles. The minimum atomic E-state index is -0.499. The van der Waals surface area contributed by atoms with Crippen LogP contribution in [0.1, 0.15) is 0 Å². The van der Waals surface area contributed by atoms with E-state index in [4.69, 9.17) is 0 Å². The summed E-state index contributed by atoms with van der Waals surface area (Å²) in [5.41, 5.74) is -0.00579. The molecule has 0 saturated carbocycles. The number of nitrogens with zero attached hydrogens (tertiary/aromatic N) is 2. The van der Waals surface area contributed by atoms with Gasteiger partial charge in [-0.05, 0) is 6.20 Å². The maximum absolute atomic E-state index is 9.95. The summed E-state index contributed by atoms with van der Waals surface area (Å²) in [6, 6.07) is 2.74. The van der Waals surface area contributed by atoms with Crippen molar-refractivity contribution < 1.29 is 23.5 Å². The van der Waals surface area contributed by atoms with E-state index < -0.39 is 4.92 Å². The first-order valence-electron chi connectivity index (χ1n) is 2.27. The summed E-state index contributed by atoms with van der Waals surface area (Å²) in [4.78, 5) is 12.9. The zero-order valence-electron chi connectivity index (χ0n) is 4.89. The van der Waals surface area contributed by atoms with Gasteiger partial charge in [0.15, 0.2) is 5.69 Å². The van der Waals surface area contributed by atoms with E-state index in [2.05, 4.69) is 11.2 Å². The molecule has 0 atom stereocenters. The van der Waals surface area contributed by atoms with Gasteiger partial charge in [-0.25, -0.2) is 0 Å². The van der Waals surface area contributed by atoms with Crippen LogP contribution in [0, 0.1) is 16.3 Å². The molecule has 0 spiro atoms. The monoisotopic (exact) mass is 174 g/mol. The van der Waals surface area contributed by atoms with Crippen molar-refractivity contribution >= 4 is 5.69 Å². The predicted octanol–water partition coefficient (Wildman–Crippen LogP) is 0.787. The number of pyridine rings is 1. The molecule has 1 rings (SSSR count). The fraction of sp³-hybridized carbons (Fsp3) is 0. The van der Waals surface area contributed by atoms with E-state index >= 15 is 0 Å². The number of hydrogen-bond acceptors (Lipinski definition) is 3.